The summed E-state index contributed by atoms with van der Waals surface area (Å²) in [4.78, 5) is 0. The van der Waals surface area contributed by atoms with Crippen molar-refractivity contribution in [3.8, 4) is 11.1 Å². The number of hydrogen-bond acceptors (Lipinski definition) is 0. The van der Waals surface area contributed by atoms with Gasteiger partial charge in [0.05, 0.1) is 0 Å². The smallest absolute Gasteiger partial charge is 0.0215 e. The lowest BCUT2D eigenvalue weighted by Crippen LogP contribution is -2.15. The maximum Gasteiger partial charge on any atom is 0.0215 e. The molecule has 0 atom stereocenters. The summed E-state index contributed by atoms with van der Waals surface area (Å²) in [6.45, 7) is 9.41. The predicted molar refractivity (Wildman–Crippen MR) is 251 cm³/mol. The van der Waals surface area contributed by atoms with Crippen LogP contribution >= 0.6 is 45.2 Å². The van der Waals surface area contributed by atoms with Gasteiger partial charge in [0.1, 0.15) is 0 Å². The van der Waals surface area contributed by atoms with Gasteiger partial charge in [0.25, 0.3) is 0 Å². The van der Waals surface area contributed by atoms with Gasteiger partial charge in [-0.15, -0.1) is 0 Å². The molecule has 6 aromatic carbocycles. The van der Waals surface area contributed by atoms with Crippen molar-refractivity contribution in [3.05, 3.63) is 147 Å². The Morgan fingerprint density at radius 1 is 0.389 bits per heavy atom. The van der Waals surface area contributed by atoms with Gasteiger partial charge >= 0.3 is 0 Å². The van der Waals surface area contributed by atoms with Crippen molar-refractivity contribution in [2.75, 3.05) is 0 Å². The zero-order valence-corrected chi connectivity index (χ0v) is 37.3. The zero-order valence-electron chi connectivity index (χ0n) is 33.0. The molecule has 0 radical (unpaired) electrons. The molecule has 0 bridgehead atoms. The first-order valence-electron chi connectivity index (χ1n) is 21.2. The highest BCUT2D eigenvalue weighted by molar-refractivity contribution is 14.1. The topological polar surface area (TPSA) is 0 Å². The van der Waals surface area contributed by atoms with E-state index in [4.69, 9.17) is 0 Å². The van der Waals surface area contributed by atoms with Crippen LogP contribution in [0.2, 0.25) is 0 Å². The number of rotatable bonds is 13. The van der Waals surface area contributed by atoms with Gasteiger partial charge in [0.2, 0.25) is 0 Å². The molecule has 0 nitrogen and oxygen atoms in total. The van der Waals surface area contributed by atoms with Crippen LogP contribution in [0.3, 0.4) is 0 Å². The average Bonchev–Trinajstić information content (AvgIpc) is 3.19. The minimum absolute atomic E-state index is 1.07. The van der Waals surface area contributed by atoms with E-state index < -0.39 is 0 Å². The van der Waals surface area contributed by atoms with Crippen LogP contribution in [0.15, 0.2) is 72.8 Å². The fraction of sp³-hybridized carbons (Fsp3) is 0.385. The highest BCUT2D eigenvalue weighted by atomic mass is 127. The van der Waals surface area contributed by atoms with E-state index in [9.17, 15) is 0 Å². The highest BCUT2D eigenvalue weighted by Gasteiger charge is 2.27. The van der Waals surface area contributed by atoms with Gasteiger partial charge in [0.15, 0.2) is 0 Å². The van der Waals surface area contributed by atoms with E-state index in [0.717, 1.165) is 38.5 Å². The molecule has 8 rings (SSSR count). The largest absolute Gasteiger partial charge is 0.0654 e. The standard InChI is InChI=1S/C52H56I2/c1-5-9-21-37-41-25-33-17-13-15-19-35(33)27-43(41)39(23-11-7-3)47-31-51(53)49(29-45(37)47)50-30-46-38(22-10-6-2)42-26-34-18-14-16-20-36(34)28-44(42)40(24-12-8-4)48(46)32-52(50)54/h13-20,29-32H,5-12,21-28H2,1-4H3. The number of halogens is 2. The van der Waals surface area contributed by atoms with E-state index in [0.29, 0.717) is 0 Å². The summed E-state index contributed by atoms with van der Waals surface area (Å²) in [6, 6.07) is 29.0. The first-order valence-corrected chi connectivity index (χ1v) is 23.3. The molecule has 2 aliphatic rings. The quantitative estimate of drug-likeness (QED) is 0.101. The zero-order chi connectivity index (χ0) is 37.3. The Kier molecular flexibility index (Phi) is 11.9. The van der Waals surface area contributed by atoms with E-state index >= 15 is 0 Å². The lowest BCUT2D eigenvalue weighted by atomic mass is 9.76. The average molecular weight is 935 g/mol. The number of unbranched alkanes of at least 4 members (excludes halogenated alkanes) is 4. The van der Waals surface area contributed by atoms with Crippen molar-refractivity contribution in [1.82, 2.24) is 0 Å². The van der Waals surface area contributed by atoms with E-state index in [1.807, 2.05) is 0 Å². The summed E-state index contributed by atoms with van der Waals surface area (Å²) in [5.74, 6) is 0. The molecule has 0 N–H and O–H groups in total. The van der Waals surface area contributed by atoms with Gasteiger partial charge in [-0.1, -0.05) is 102 Å². The van der Waals surface area contributed by atoms with Gasteiger partial charge in [-0.25, -0.2) is 0 Å². The van der Waals surface area contributed by atoms with Crippen LogP contribution in [-0.4, -0.2) is 0 Å². The minimum Gasteiger partial charge on any atom is -0.0654 e. The second-order valence-corrected chi connectivity index (χ2v) is 18.6. The second-order valence-electron chi connectivity index (χ2n) is 16.2. The first-order chi connectivity index (χ1) is 26.4. The van der Waals surface area contributed by atoms with Crippen LogP contribution in [0.1, 0.15) is 146 Å². The van der Waals surface area contributed by atoms with Crippen molar-refractivity contribution in [1.29, 1.82) is 0 Å². The summed E-state index contributed by atoms with van der Waals surface area (Å²) in [5.41, 5.74) is 22.1. The number of fused-ring (bicyclic) bond motifs is 6. The summed E-state index contributed by atoms with van der Waals surface area (Å²) < 4.78 is 2.78. The molecule has 0 saturated heterocycles. The van der Waals surface area contributed by atoms with Crippen molar-refractivity contribution in [3.63, 3.8) is 0 Å². The Morgan fingerprint density at radius 2 is 0.648 bits per heavy atom. The van der Waals surface area contributed by atoms with E-state index in [2.05, 4.69) is 146 Å². The molecule has 278 valence electrons. The molecule has 0 spiro atoms. The van der Waals surface area contributed by atoms with Crippen molar-refractivity contribution in [2.24, 2.45) is 0 Å². The van der Waals surface area contributed by atoms with Gasteiger partial charge in [-0.3, -0.25) is 0 Å². The van der Waals surface area contributed by atoms with Crippen molar-refractivity contribution in [2.45, 2.75) is 130 Å². The third-order valence-electron chi connectivity index (χ3n) is 12.8. The Morgan fingerprint density at radius 3 is 0.907 bits per heavy atom. The normalized spacial score (nSPS) is 13.2. The summed E-state index contributed by atoms with van der Waals surface area (Å²) >= 11 is 5.38. The first kappa shape index (κ1) is 38.2. The summed E-state index contributed by atoms with van der Waals surface area (Å²) in [7, 11) is 0. The Hall–Kier alpha value is -2.70. The highest BCUT2D eigenvalue weighted by Crippen LogP contribution is 2.45. The maximum absolute atomic E-state index is 2.69. The molecule has 0 aliphatic heterocycles. The predicted octanol–water partition coefficient (Wildman–Crippen LogP) is 15.2. The number of benzene rings is 6. The Balaban J connectivity index is 1.38. The van der Waals surface area contributed by atoms with Crippen LogP contribution in [0.5, 0.6) is 0 Å². The Bertz CT molecular complexity index is 2190. The van der Waals surface area contributed by atoms with Gasteiger partial charge in [0, 0.05) is 7.14 Å². The van der Waals surface area contributed by atoms with E-state index in [1.165, 1.54) is 126 Å². The molecule has 0 fully saturated rings. The molecule has 6 aromatic rings. The van der Waals surface area contributed by atoms with Gasteiger partial charge in [-0.05, 0) is 246 Å². The molecule has 0 amide bonds. The van der Waals surface area contributed by atoms with Crippen molar-refractivity contribution < 1.29 is 0 Å². The lowest BCUT2D eigenvalue weighted by Gasteiger charge is -2.29. The van der Waals surface area contributed by atoms with Gasteiger partial charge < -0.3 is 0 Å². The van der Waals surface area contributed by atoms with Gasteiger partial charge in [-0.2, -0.15) is 0 Å². The fourth-order valence-electron chi connectivity index (χ4n) is 9.91. The van der Waals surface area contributed by atoms with Crippen LogP contribution in [0, 0.1) is 7.14 Å². The number of aryl methyl sites for hydroxylation is 4. The monoisotopic (exact) mass is 934 g/mol. The Labute approximate surface area is 352 Å². The van der Waals surface area contributed by atoms with Crippen LogP contribution < -0.4 is 0 Å². The summed E-state index contributed by atoms with van der Waals surface area (Å²) in [5, 5.41) is 6.09. The molecule has 2 aliphatic carbocycles. The minimum atomic E-state index is 1.07. The van der Waals surface area contributed by atoms with E-state index in [-0.39, 0.29) is 0 Å². The summed E-state index contributed by atoms with van der Waals surface area (Å²) in [6.07, 6.45) is 18.8. The third kappa shape index (κ3) is 7.10. The maximum atomic E-state index is 2.69. The molecule has 2 heteroatoms. The SMILES string of the molecule is CCCCc1c2c(c(CCCC)c3cc(-c4cc5c(CCCC)c6c(c(CCCC)c5cc4I)Cc4ccccc4C6)c(I)cc13)Cc1ccccc1C2. The number of hydrogen-bond donors (Lipinski definition) is 0. The molecule has 0 aromatic heterocycles. The van der Waals surface area contributed by atoms with Crippen molar-refractivity contribution >= 4 is 66.7 Å². The molecule has 54 heavy (non-hydrogen) atoms. The van der Waals surface area contributed by atoms with Crippen LogP contribution in [0.4, 0.5) is 0 Å². The van der Waals surface area contributed by atoms with E-state index in [1.54, 1.807) is 44.5 Å². The molecule has 0 saturated carbocycles. The molecular formula is C52H56I2. The molecule has 0 unspecified atom stereocenters. The fourth-order valence-corrected chi connectivity index (χ4v) is 11.4. The molecule has 0 heterocycles. The lowest BCUT2D eigenvalue weighted by molar-refractivity contribution is 0.774. The third-order valence-corrected chi connectivity index (χ3v) is 14.6. The van der Waals surface area contributed by atoms with Crippen LogP contribution in [-0.2, 0) is 51.4 Å². The van der Waals surface area contributed by atoms with Crippen LogP contribution in [0.25, 0.3) is 32.7 Å². The second kappa shape index (κ2) is 16.8. The molecular weight excluding hydrogens is 878 g/mol.